The Morgan fingerprint density at radius 2 is 1.72 bits per heavy atom. The first kappa shape index (κ1) is 21.5. The smallest absolute Gasteiger partial charge is 0.191 e. The van der Waals surface area contributed by atoms with Crippen molar-refractivity contribution in [2.24, 2.45) is 0 Å². The molecule has 1 heterocycles. The molecule has 3 rings (SSSR count). The van der Waals surface area contributed by atoms with Crippen molar-refractivity contribution < 1.29 is 13.2 Å². The standard InChI is InChI=1S/C20H20ClN3O3S2/c1-3-24-19(13-29(26,27)17-10-4-14(2)5-11-17)22-23-20(24)28-12-18(25)15-6-8-16(21)9-7-15/h4-11H,3,12-13H2,1-2H3. The van der Waals surface area contributed by atoms with E-state index in [0.717, 1.165) is 5.56 Å². The van der Waals surface area contributed by atoms with Crippen LogP contribution in [0.5, 0.6) is 0 Å². The monoisotopic (exact) mass is 449 g/mol. The molecule has 0 saturated carbocycles. The lowest BCUT2D eigenvalue weighted by Gasteiger charge is -2.08. The van der Waals surface area contributed by atoms with Crippen LogP contribution in [0.1, 0.15) is 28.7 Å². The maximum atomic E-state index is 12.7. The van der Waals surface area contributed by atoms with Gasteiger partial charge in [0.2, 0.25) is 0 Å². The van der Waals surface area contributed by atoms with Crippen LogP contribution in [0.4, 0.5) is 0 Å². The summed E-state index contributed by atoms with van der Waals surface area (Å²) < 4.78 is 27.2. The van der Waals surface area contributed by atoms with Crippen LogP contribution < -0.4 is 0 Å². The number of aromatic nitrogens is 3. The molecule has 152 valence electrons. The number of halogens is 1. The fraction of sp³-hybridized carbons (Fsp3) is 0.250. The van der Waals surface area contributed by atoms with E-state index in [9.17, 15) is 13.2 Å². The third kappa shape index (κ3) is 5.26. The van der Waals surface area contributed by atoms with E-state index in [1.807, 2.05) is 13.8 Å². The van der Waals surface area contributed by atoms with E-state index < -0.39 is 9.84 Å². The van der Waals surface area contributed by atoms with Gasteiger partial charge in [-0.3, -0.25) is 4.79 Å². The number of nitrogens with zero attached hydrogens (tertiary/aromatic N) is 3. The lowest BCUT2D eigenvalue weighted by molar-refractivity contribution is 0.102. The number of hydrogen-bond acceptors (Lipinski definition) is 6. The van der Waals surface area contributed by atoms with Gasteiger partial charge in [-0.1, -0.05) is 41.1 Å². The van der Waals surface area contributed by atoms with E-state index in [-0.39, 0.29) is 22.2 Å². The van der Waals surface area contributed by atoms with Crippen LogP contribution in [-0.4, -0.2) is 34.7 Å². The molecular formula is C20H20ClN3O3S2. The van der Waals surface area contributed by atoms with E-state index in [1.165, 1.54) is 11.8 Å². The molecule has 1 aromatic heterocycles. The van der Waals surface area contributed by atoms with Crippen molar-refractivity contribution in [1.82, 2.24) is 14.8 Å². The summed E-state index contributed by atoms with van der Waals surface area (Å²) in [5.74, 6) is 0.216. The summed E-state index contributed by atoms with van der Waals surface area (Å²) in [4.78, 5) is 12.6. The molecule has 3 aromatic rings. The molecule has 0 fully saturated rings. The largest absolute Gasteiger partial charge is 0.305 e. The third-order valence-electron chi connectivity index (χ3n) is 4.31. The van der Waals surface area contributed by atoms with Gasteiger partial charge >= 0.3 is 0 Å². The SMILES string of the molecule is CCn1c(CS(=O)(=O)c2ccc(C)cc2)nnc1SCC(=O)c1ccc(Cl)cc1. The van der Waals surface area contributed by atoms with Gasteiger partial charge in [-0.05, 0) is 50.2 Å². The zero-order valence-corrected chi connectivity index (χ0v) is 18.4. The summed E-state index contributed by atoms with van der Waals surface area (Å²) in [6.07, 6.45) is 0. The predicted octanol–water partition coefficient (Wildman–Crippen LogP) is 4.21. The van der Waals surface area contributed by atoms with Gasteiger partial charge in [0.15, 0.2) is 20.8 Å². The average Bonchev–Trinajstić information content (AvgIpc) is 3.07. The zero-order valence-electron chi connectivity index (χ0n) is 16.0. The van der Waals surface area contributed by atoms with Crippen LogP contribution in [0.15, 0.2) is 58.6 Å². The normalized spacial score (nSPS) is 11.6. The van der Waals surface area contributed by atoms with Crippen LogP contribution in [-0.2, 0) is 22.1 Å². The first-order valence-electron chi connectivity index (χ1n) is 8.93. The number of carbonyl (C=O) groups is 1. The molecule has 6 nitrogen and oxygen atoms in total. The van der Waals surface area contributed by atoms with Gasteiger partial charge in [-0.2, -0.15) is 0 Å². The Labute approximate surface area is 179 Å². The van der Waals surface area contributed by atoms with Gasteiger partial charge < -0.3 is 4.57 Å². The summed E-state index contributed by atoms with van der Waals surface area (Å²) in [5, 5.41) is 9.24. The second-order valence-corrected chi connectivity index (χ2v) is 9.80. The minimum absolute atomic E-state index is 0.0638. The van der Waals surface area contributed by atoms with Crippen molar-refractivity contribution in [3.8, 4) is 0 Å². The van der Waals surface area contributed by atoms with E-state index >= 15 is 0 Å². The highest BCUT2D eigenvalue weighted by Gasteiger charge is 2.21. The fourth-order valence-corrected chi connectivity index (χ4v) is 5.01. The quantitative estimate of drug-likeness (QED) is 0.378. The van der Waals surface area contributed by atoms with Crippen molar-refractivity contribution in [3.05, 3.63) is 70.5 Å². The number of hydrogen-bond donors (Lipinski definition) is 0. The highest BCUT2D eigenvalue weighted by Crippen LogP contribution is 2.22. The van der Waals surface area contributed by atoms with Crippen LogP contribution in [0.25, 0.3) is 0 Å². The number of benzene rings is 2. The number of ketones is 1. The Kier molecular flexibility index (Phi) is 6.77. The van der Waals surface area contributed by atoms with Gasteiger partial charge in [-0.25, -0.2) is 8.42 Å². The Hall–Kier alpha value is -2.16. The number of rotatable bonds is 8. The number of thioether (sulfide) groups is 1. The van der Waals surface area contributed by atoms with Crippen molar-refractivity contribution in [2.75, 3.05) is 5.75 Å². The minimum atomic E-state index is -3.54. The van der Waals surface area contributed by atoms with E-state index in [1.54, 1.807) is 53.1 Å². The molecule has 0 radical (unpaired) electrons. The number of sulfone groups is 1. The number of aryl methyl sites for hydroxylation is 1. The molecule has 0 bridgehead atoms. The molecule has 29 heavy (non-hydrogen) atoms. The van der Waals surface area contributed by atoms with Crippen molar-refractivity contribution in [2.45, 2.75) is 36.2 Å². The summed E-state index contributed by atoms with van der Waals surface area (Å²) in [6, 6.07) is 13.4. The molecule has 0 aliphatic heterocycles. The van der Waals surface area contributed by atoms with Crippen LogP contribution in [0, 0.1) is 6.92 Å². The molecule has 0 unspecified atom stereocenters. The Morgan fingerprint density at radius 3 is 2.34 bits per heavy atom. The Balaban J connectivity index is 1.73. The van der Waals surface area contributed by atoms with Gasteiger partial charge in [0, 0.05) is 17.1 Å². The lowest BCUT2D eigenvalue weighted by Crippen LogP contribution is -2.11. The van der Waals surface area contributed by atoms with E-state index in [4.69, 9.17) is 11.6 Å². The topological polar surface area (TPSA) is 81.9 Å². The fourth-order valence-electron chi connectivity index (χ4n) is 2.70. The molecule has 0 saturated heterocycles. The summed E-state index contributed by atoms with van der Waals surface area (Å²) in [7, 11) is -3.54. The highest BCUT2D eigenvalue weighted by molar-refractivity contribution is 7.99. The minimum Gasteiger partial charge on any atom is -0.305 e. The summed E-state index contributed by atoms with van der Waals surface area (Å²) in [6.45, 7) is 4.29. The first-order valence-corrected chi connectivity index (χ1v) is 11.9. The third-order valence-corrected chi connectivity index (χ3v) is 7.15. The van der Waals surface area contributed by atoms with E-state index in [0.29, 0.717) is 28.1 Å². The summed E-state index contributed by atoms with van der Waals surface area (Å²) >= 11 is 7.08. The Bertz CT molecular complexity index is 1110. The molecule has 0 aliphatic rings. The van der Waals surface area contributed by atoms with Crippen LogP contribution in [0.3, 0.4) is 0 Å². The van der Waals surface area contributed by atoms with E-state index in [2.05, 4.69) is 10.2 Å². The lowest BCUT2D eigenvalue weighted by atomic mass is 10.1. The maximum absolute atomic E-state index is 12.7. The maximum Gasteiger partial charge on any atom is 0.191 e. The van der Waals surface area contributed by atoms with Gasteiger partial charge in [0.25, 0.3) is 0 Å². The second-order valence-electron chi connectivity index (χ2n) is 6.43. The van der Waals surface area contributed by atoms with Gasteiger partial charge in [-0.15, -0.1) is 10.2 Å². The molecule has 0 atom stereocenters. The zero-order chi connectivity index (χ0) is 21.0. The molecule has 0 aliphatic carbocycles. The molecule has 0 amide bonds. The van der Waals surface area contributed by atoms with Crippen LogP contribution in [0.2, 0.25) is 5.02 Å². The molecular weight excluding hydrogens is 430 g/mol. The van der Waals surface area contributed by atoms with Crippen LogP contribution >= 0.6 is 23.4 Å². The van der Waals surface area contributed by atoms with Crippen molar-refractivity contribution in [3.63, 3.8) is 0 Å². The van der Waals surface area contributed by atoms with Crippen molar-refractivity contribution in [1.29, 1.82) is 0 Å². The molecule has 9 heteroatoms. The molecule has 0 spiro atoms. The average molecular weight is 450 g/mol. The second kappa shape index (κ2) is 9.11. The number of Topliss-reactive ketones (excluding diaryl/α,β-unsaturated/α-hetero) is 1. The van der Waals surface area contributed by atoms with Crippen molar-refractivity contribution >= 4 is 39.0 Å². The summed E-state index contributed by atoms with van der Waals surface area (Å²) in [5.41, 5.74) is 1.55. The highest BCUT2D eigenvalue weighted by atomic mass is 35.5. The first-order chi connectivity index (χ1) is 13.8. The predicted molar refractivity (Wildman–Crippen MR) is 114 cm³/mol. The van der Waals surface area contributed by atoms with Gasteiger partial charge in [0.05, 0.1) is 10.6 Å². The van der Waals surface area contributed by atoms with Gasteiger partial charge in [0.1, 0.15) is 11.6 Å². The number of carbonyl (C=O) groups excluding carboxylic acids is 1. The molecule has 0 N–H and O–H groups in total. The Morgan fingerprint density at radius 1 is 1.07 bits per heavy atom. The molecule has 2 aromatic carbocycles.